The molecule has 1 heterocycles. The van der Waals surface area contributed by atoms with Crippen molar-refractivity contribution in [3.63, 3.8) is 0 Å². The van der Waals surface area contributed by atoms with Gasteiger partial charge in [-0.25, -0.2) is 4.98 Å². The number of aryl methyl sites for hydroxylation is 1. The van der Waals surface area contributed by atoms with Crippen LogP contribution in [0, 0.1) is 6.92 Å². The number of hydrogen-bond donors (Lipinski definition) is 1. The number of carbonyl (C=O) groups is 1. The van der Waals surface area contributed by atoms with Gasteiger partial charge < -0.3 is 14.8 Å². The Labute approximate surface area is 156 Å². The monoisotopic (exact) mass is 368 g/mol. The van der Waals surface area contributed by atoms with Crippen LogP contribution in [0.2, 0.25) is 0 Å². The van der Waals surface area contributed by atoms with E-state index in [-0.39, 0.29) is 12.5 Å². The van der Waals surface area contributed by atoms with Crippen LogP contribution in [0.5, 0.6) is 11.5 Å². The van der Waals surface area contributed by atoms with Crippen LogP contribution >= 0.6 is 11.3 Å². The Morgan fingerprint density at radius 3 is 2.50 bits per heavy atom. The van der Waals surface area contributed by atoms with Gasteiger partial charge in [-0.05, 0) is 19.1 Å². The highest BCUT2D eigenvalue weighted by molar-refractivity contribution is 7.15. The first-order chi connectivity index (χ1) is 12.7. The van der Waals surface area contributed by atoms with E-state index in [0.29, 0.717) is 18.0 Å². The van der Waals surface area contributed by atoms with Crippen LogP contribution in [0.25, 0.3) is 10.6 Å². The largest absolute Gasteiger partial charge is 0.493 e. The van der Waals surface area contributed by atoms with Crippen LogP contribution in [0.15, 0.2) is 54.6 Å². The number of thiazole rings is 1. The van der Waals surface area contributed by atoms with Crippen LogP contribution < -0.4 is 14.8 Å². The summed E-state index contributed by atoms with van der Waals surface area (Å²) in [7, 11) is 1.57. The van der Waals surface area contributed by atoms with Gasteiger partial charge in [0.2, 0.25) is 0 Å². The number of benzene rings is 2. The van der Waals surface area contributed by atoms with E-state index >= 15 is 0 Å². The van der Waals surface area contributed by atoms with E-state index in [9.17, 15) is 4.79 Å². The molecule has 134 valence electrons. The van der Waals surface area contributed by atoms with Crippen molar-refractivity contribution in [3.05, 3.63) is 65.2 Å². The zero-order valence-electron chi connectivity index (χ0n) is 14.7. The predicted molar refractivity (Wildman–Crippen MR) is 103 cm³/mol. The first-order valence-electron chi connectivity index (χ1n) is 8.21. The van der Waals surface area contributed by atoms with Crippen LogP contribution in [0.3, 0.4) is 0 Å². The Morgan fingerprint density at radius 2 is 1.77 bits per heavy atom. The molecule has 0 aliphatic rings. The summed E-state index contributed by atoms with van der Waals surface area (Å²) in [6.45, 7) is 2.32. The Bertz CT molecular complexity index is 878. The van der Waals surface area contributed by atoms with Crippen molar-refractivity contribution in [1.82, 2.24) is 10.3 Å². The maximum absolute atomic E-state index is 12.1. The molecule has 0 atom stereocenters. The van der Waals surface area contributed by atoms with Crippen molar-refractivity contribution in [1.29, 1.82) is 0 Å². The summed E-state index contributed by atoms with van der Waals surface area (Å²) in [6, 6.07) is 17.3. The molecule has 0 saturated heterocycles. The molecule has 0 unspecified atom stereocenters. The minimum atomic E-state index is -0.190. The number of methoxy groups -OCH3 is 1. The zero-order chi connectivity index (χ0) is 18.4. The average Bonchev–Trinajstić information content (AvgIpc) is 3.06. The van der Waals surface area contributed by atoms with E-state index in [1.807, 2.05) is 49.4 Å². The third kappa shape index (κ3) is 4.40. The topological polar surface area (TPSA) is 60.5 Å². The van der Waals surface area contributed by atoms with Gasteiger partial charge in [0.05, 0.1) is 19.3 Å². The lowest BCUT2D eigenvalue weighted by Gasteiger charge is -2.10. The summed E-state index contributed by atoms with van der Waals surface area (Å²) in [6.07, 6.45) is 0. The number of aromatic nitrogens is 1. The molecule has 0 fully saturated rings. The summed E-state index contributed by atoms with van der Waals surface area (Å²) >= 11 is 1.59. The molecule has 5 nitrogen and oxygen atoms in total. The maximum Gasteiger partial charge on any atom is 0.258 e. The summed E-state index contributed by atoms with van der Waals surface area (Å²) in [5.74, 6) is 0.960. The van der Waals surface area contributed by atoms with Gasteiger partial charge in [-0.3, -0.25) is 4.79 Å². The van der Waals surface area contributed by atoms with Gasteiger partial charge in [-0.15, -0.1) is 11.3 Å². The van der Waals surface area contributed by atoms with Gasteiger partial charge in [0.25, 0.3) is 5.91 Å². The number of rotatable bonds is 7. The number of para-hydroxylation sites is 2. The Hall–Kier alpha value is -2.86. The van der Waals surface area contributed by atoms with E-state index in [0.717, 1.165) is 21.1 Å². The van der Waals surface area contributed by atoms with Crippen molar-refractivity contribution >= 4 is 17.2 Å². The smallest absolute Gasteiger partial charge is 0.258 e. The maximum atomic E-state index is 12.1. The second-order valence-corrected chi connectivity index (χ2v) is 6.69. The van der Waals surface area contributed by atoms with Gasteiger partial charge in [0.1, 0.15) is 5.01 Å². The van der Waals surface area contributed by atoms with Crippen molar-refractivity contribution in [3.8, 4) is 22.1 Å². The van der Waals surface area contributed by atoms with E-state index in [1.54, 1.807) is 30.6 Å². The Kier molecular flexibility index (Phi) is 5.86. The van der Waals surface area contributed by atoms with Gasteiger partial charge in [0, 0.05) is 10.4 Å². The fourth-order valence-electron chi connectivity index (χ4n) is 2.41. The first-order valence-corrected chi connectivity index (χ1v) is 9.03. The molecule has 26 heavy (non-hydrogen) atoms. The standard InChI is InChI=1S/C20H20N2O3S/c1-14-18(26-20(22-14)15-8-4-3-5-9-15)12-21-19(23)13-25-17-11-7-6-10-16(17)24-2/h3-11H,12-13H2,1-2H3,(H,21,23). The molecule has 1 aromatic heterocycles. The number of amides is 1. The number of carbonyl (C=O) groups excluding carboxylic acids is 1. The molecular weight excluding hydrogens is 348 g/mol. The molecular formula is C20H20N2O3S. The SMILES string of the molecule is COc1ccccc1OCC(=O)NCc1sc(-c2ccccc2)nc1C. The lowest BCUT2D eigenvalue weighted by atomic mass is 10.2. The highest BCUT2D eigenvalue weighted by atomic mass is 32.1. The first kappa shape index (κ1) is 17.9. The molecule has 0 radical (unpaired) electrons. The third-order valence-corrected chi connectivity index (χ3v) is 4.99. The summed E-state index contributed by atoms with van der Waals surface area (Å²) in [5.41, 5.74) is 2.01. The molecule has 1 amide bonds. The molecule has 3 aromatic rings. The minimum Gasteiger partial charge on any atom is -0.493 e. The lowest BCUT2D eigenvalue weighted by molar-refractivity contribution is -0.123. The fourth-order valence-corrected chi connectivity index (χ4v) is 3.42. The molecule has 0 aliphatic heterocycles. The molecule has 3 rings (SSSR count). The summed E-state index contributed by atoms with van der Waals surface area (Å²) in [4.78, 5) is 17.7. The number of nitrogens with zero attached hydrogens (tertiary/aromatic N) is 1. The van der Waals surface area contributed by atoms with E-state index in [1.165, 1.54) is 0 Å². The lowest BCUT2D eigenvalue weighted by Crippen LogP contribution is -2.28. The molecule has 6 heteroatoms. The van der Waals surface area contributed by atoms with Gasteiger partial charge >= 0.3 is 0 Å². The summed E-state index contributed by atoms with van der Waals surface area (Å²) in [5, 5.41) is 3.83. The van der Waals surface area contributed by atoms with Crippen LogP contribution in [-0.4, -0.2) is 24.6 Å². The van der Waals surface area contributed by atoms with E-state index < -0.39 is 0 Å². The highest BCUT2D eigenvalue weighted by Gasteiger charge is 2.11. The second-order valence-electron chi connectivity index (χ2n) is 5.61. The Morgan fingerprint density at radius 1 is 1.08 bits per heavy atom. The second kappa shape index (κ2) is 8.49. The molecule has 0 spiro atoms. The van der Waals surface area contributed by atoms with E-state index in [4.69, 9.17) is 9.47 Å². The predicted octanol–water partition coefficient (Wildman–Crippen LogP) is 3.82. The van der Waals surface area contributed by atoms with Crippen LogP contribution in [0.4, 0.5) is 0 Å². The summed E-state index contributed by atoms with van der Waals surface area (Å²) < 4.78 is 10.7. The zero-order valence-corrected chi connectivity index (χ0v) is 15.5. The molecule has 0 saturated carbocycles. The number of nitrogens with one attached hydrogen (secondary N) is 1. The highest BCUT2D eigenvalue weighted by Crippen LogP contribution is 2.28. The van der Waals surface area contributed by atoms with Crippen molar-refractivity contribution < 1.29 is 14.3 Å². The van der Waals surface area contributed by atoms with Gasteiger partial charge in [-0.1, -0.05) is 42.5 Å². The third-order valence-electron chi connectivity index (χ3n) is 3.79. The van der Waals surface area contributed by atoms with Gasteiger partial charge in [-0.2, -0.15) is 0 Å². The Balaban J connectivity index is 1.56. The van der Waals surface area contributed by atoms with Crippen LogP contribution in [0.1, 0.15) is 10.6 Å². The van der Waals surface area contributed by atoms with Crippen molar-refractivity contribution in [2.24, 2.45) is 0 Å². The van der Waals surface area contributed by atoms with Crippen LogP contribution in [-0.2, 0) is 11.3 Å². The molecule has 0 bridgehead atoms. The molecule has 1 N–H and O–H groups in total. The normalized spacial score (nSPS) is 10.4. The molecule has 2 aromatic carbocycles. The average molecular weight is 368 g/mol. The minimum absolute atomic E-state index is 0.0657. The fraction of sp³-hybridized carbons (Fsp3) is 0.200. The number of ether oxygens (including phenoxy) is 2. The number of hydrogen-bond acceptors (Lipinski definition) is 5. The van der Waals surface area contributed by atoms with Crippen molar-refractivity contribution in [2.45, 2.75) is 13.5 Å². The molecule has 0 aliphatic carbocycles. The van der Waals surface area contributed by atoms with Gasteiger partial charge in [0.15, 0.2) is 18.1 Å². The quantitative estimate of drug-likeness (QED) is 0.689. The van der Waals surface area contributed by atoms with E-state index in [2.05, 4.69) is 10.3 Å². The van der Waals surface area contributed by atoms with Crippen molar-refractivity contribution in [2.75, 3.05) is 13.7 Å².